The predicted octanol–water partition coefficient (Wildman–Crippen LogP) is 7.22. The lowest BCUT2D eigenvalue weighted by Gasteiger charge is -2.20. The van der Waals surface area contributed by atoms with Gasteiger partial charge in [-0.1, -0.05) is 72.3 Å². The van der Waals surface area contributed by atoms with Crippen molar-refractivity contribution in [2.45, 2.75) is 25.3 Å². The van der Waals surface area contributed by atoms with Crippen LogP contribution in [-0.4, -0.2) is 16.6 Å². The Morgan fingerprint density at radius 3 is 2.63 bits per heavy atom. The topological polar surface area (TPSA) is 33.2 Å². The molecule has 0 spiro atoms. The molecule has 0 N–H and O–H groups in total. The summed E-state index contributed by atoms with van der Waals surface area (Å²) in [7, 11) is 0. The highest BCUT2D eigenvalue weighted by molar-refractivity contribution is 7.99. The number of halogens is 1. The molecule has 0 radical (unpaired) electrons. The summed E-state index contributed by atoms with van der Waals surface area (Å²) in [5, 5.41) is 1.32. The molecular formula is C24H21ClN2OS2. The van der Waals surface area contributed by atoms with Crippen LogP contribution in [0.2, 0.25) is 5.02 Å². The van der Waals surface area contributed by atoms with Gasteiger partial charge in [0.1, 0.15) is 0 Å². The molecule has 1 amide bonds. The minimum absolute atomic E-state index is 0.0646. The zero-order chi connectivity index (χ0) is 21.1. The molecule has 0 saturated carbocycles. The summed E-state index contributed by atoms with van der Waals surface area (Å²) in [5.41, 5.74) is 3.60. The molecule has 30 heavy (non-hydrogen) atoms. The monoisotopic (exact) mass is 452 g/mol. The highest BCUT2D eigenvalue weighted by Gasteiger charge is 2.23. The molecule has 4 aromatic rings. The molecule has 0 aliphatic heterocycles. The van der Waals surface area contributed by atoms with Crippen LogP contribution in [0.1, 0.15) is 28.4 Å². The second-order valence-corrected chi connectivity index (χ2v) is 9.60. The van der Waals surface area contributed by atoms with Gasteiger partial charge in [-0.2, -0.15) is 0 Å². The van der Waals surface area contributed by atoms with E-state index in [-0.39, 0.29) is 5.91 Å². The number of anilines is 1. The van der Waals surface area contributed by atoms with Crippen molar-refractivity contribution in [2.75, 3.05) is 10.7 Å². The fourth-order valence-corrected chi connectivity index (χ4v) is 5.27. The van der Waals surface area contributed by atoms with Crippen LogP contribution in [0, 0.1) is 6.92 Å². The number of hydrogen-bond donors (Lipinski definition) is 0. The van der Waals surface area contributed by atoms with Gasteiger partial charge in [-0.05, 0) is 48.1 Å². The Labute approximate surface area is 189 Å². The highest BCUT2D eigenvalue weighted by atomic mass is 35.5. The second-order valence-electron chi connectivity index (χ2n) is 6.88. The fourth-order valence-electron chi connectivity index (χ4n) is 3.24. The molecule has 0 atom stereocenters. The highest BCUT2D eigenvalue weighted by Crippen LogP contribution is 2.36. The first-order valence-corrected chi connectivity index (χ1v) is 11.9. The third-order valence-electron chi connectivity index (χ3n) is 4.74. The fraction of sp³-hybridized carbons (Fsp3) is 0.167. The van der Waals surface area contributed by atoms with Crippen LogP contribution in [0.25, 0.3) is 10.2 Å². The number of thiazole rings is 1. The average Bonchev–Trinajstić information content (AvgIpc) is 3.22. The Balaban J connectivity index is 1.79. The molecule has 1 heterocycles. The van der Waals surface area contributed by atoms with Gasteiger partial charge < -0.3 is 0 Å². The first kappa shape index (κ1) is 20.9. The van der Waals surface area contributed by atoms with Crippen LogP contribution < -0.4 is 4.90 Å². The van der Waals surface area contributed by atoms with E-state index in [0.717, 1.165) is 32.0 Å². The van der Waals surface area contributed by atoms with Crippen LogP contribution in [0.15, 0.2) is 71.6 Å². The average molecular weight is 453 g/mol. The molecule has 3 nitrogen and oxygen atoms in total. The first-order valence-electron chi connectivity index (χ1n) is 9.71. The minimum atomic E-state index is -0.0646. The van der Waals surface area contributed by atoms with Gasteiger partial charge in [-0.3, -0.25) is 9.69 Å². The zero-order valence-corrected chi connectivity index (χ0v) is 19.2. The van der Waals surface area contributed by atoms with Gasteiger partial charge in [0.25, 0.3) is 5.91 Å². The second kappa shape index (κ2) is 9.21. The molecule has 1 aromatic heterocycles. The minimum Gasteiger partial charge on any atom is -0.279 e. The number of thioether (sulfide) groups is 1. The van der Waals surface area contributed by atoms with Crippen molar-refractivity contribution in [3.05, 3.63) is 88.4 Å². The van der Waals surface area contributed by atoms with Gasteiger partial charge in [-0.25, -0.2) is 4.98 Å². The van der Waals surface area contributed by atoms with E-state index in [1.165, 1.54) is 11.3 Å². The Bertz CT molecular complexity index is 1150. The van der Waals surface area contributed by atoms with Crippen molar-refractivity contribution in [1.29, 1.82) is 0 Å². The smallest absolute Gasteiger partial charge is 0.260 e. The standard InChI is InChI=1S/C24H21ClN2OS2/c1-3-29-19-11-7-10-18(14-19)23(28)27(15-17-8-5-4-6-9-17)24-26-21-16(2)12-13-20(25)22(21)30-24/h4-14H,3,15H2,1-2H3. The van der Waals surface area contributed by atoms with Crippen molar-refractivity contribution < 1.29 is 4.79 Å². The summed E-state index contributed by atoms with van der Waals surface area (Å²) in [6.45, 7) is 4.56. The van der Waals surface area contributed by atoms with Crippen molar-refractivity contribution in [3.8, 4) is 0 Å². The quantitative estimate of drug-likeness (QED) is 0.289. The van der Waals surface area contributed by atoms with Gasteiger partial charge in [0, 0.05) is 10.5 Å². The summed E-state index contributed by atoms with van der Waals surface area (Å²) in [4.78, 5) is 21.3. The number of aryl methyl sites for hydroxylation is 1. The largest absolute Gasteiger partial charge is 0.279 e. The van der Waals surface area contributed by atoms with Gasteiger partial charge >= 0.3 is 0 Å². The van der Waals surface area contributed by atoms with Crippen LogP contribution in [0.5, 0.6) is 0 Å². The third kappa shape index (κ3) is 4.38. The molecule has 0 aliphatic rings. The SMILES string of the molecule is CCSc1cccc(C(=O)N(Cc2ccccc2)c2nc3c(C)ccc(Cl)c3s2)c1. The van der Waals surface area contributed by atoms with E-state index in [1.807, 2.05) is 73.7 Å². The summed E-state index contributed by atoms with van der Waals surface area (Å²) in [5.74, 6) is 0.895. The summed E-state index contributed by atoms with van der Waals surface area (Å²) in [6, 6.07) is 21.6. The van der Waals surface area contributed by atoms with E-state index >= 15 is 0 Å². The lowest BCUT2D eigenvalue weighted by molar-refractivity contribution is 0.0985. The zero-order valence-electron chi connectivity index (χ0n) is 16.8. The van der Waals surface area contributed by atoms with Crippen molar-refractivity contribution in [2.24, 2.45) is 0 Å². The van der Waals surface area contributed by atoms with E-state index in [9.17, 15) is 4.79 Å². The first-order chi connectivity index (χ1) is 14.6. The predicted molar refractivity (Wildman–Crippen MR) is 129 cm³/mol. The number of benzene rings is 3. The number of aromatic nitrogens is 1. The molecule has 0 fully saturated rings. The number of amides is 1. The number of hydrogen-bond acceptors (Lipinski definition) is 4. The van der Waals surface area contributed by atoms with Gasteiger partial charge in [0.2, 0.25) is 0 Å². The lowest BCUT2D eigenvalue weighted by atomic mass is 10.1. The Hall–Kier alpha value is -2.34. The maximum atomic E-state index is 13.6. The Morgan fingerprint density at radius 1 is 1.10 bits per heavy atom. The van der Waals surface area contributed by atoms with Crippen molar-refractivity contribution in [1.82, 2.24) is 4.98 Å². The van der Waals surface area contributed by atoms with Gasteiger partial charge in [0.15, 0.2) is 5.13 Å². The molecule has 4 rings (SSSR count). The van der Waals surface area contributed by atoms with Crippen LogP contribution >= 0.6 is 34.7 Å². The van der Waals surface area contributed by atoms with E-state index in [0.29, 0.717) is 22.3 Å². The third-order valence-corrected chi connectivity index (χ3v) is 7.15. The number of nitrogens with zero attached hydrogens (tertiary/aromatic N) is 2. The molecule has 152 valence electrons. The van der Waals surface area contributed by atoms with E-state index in [2.05, 4.69) is 6.92 Å². The summed E-state index contributed by atoms with van der Waals surface area (Å²) in [6.07, 6.45) is 0. The number of carbonyl (C=O) groups excluding carboxylic acids is 1. The van der Waals surface area contributed by atoms with Gasteiger partial charge in [0.05, 0.1) is 21.8 Å². The molecule has 0 unspecified atom stereocenters. The van der Waals surface area contributed by atoms with E-state index < -0.39 is 0 Å². The number of carbonyl (C=O) groups is 1. The molecular weight excluding hydrogens is 432 g/mol. The van der Waals surface area contributed by atoms with Crippen LogP contribution in [0.3, 0.4) is 0 Å². The van der Waals surface area contributed by atoms with Crippen molar-refractivity contribution >= 4 is 56.0 Å². The van der Waals surface area contributed by atoms with Gasteiger partial charge in [-0.15, -0.1) is 11.8 Å². The molecule has 0 bridgehead atoms. The normalized spacial score (nSPS) is 11.0. The Kier molecular flexibility index (Phi) is 6.42. The van der Waals surface area contributed by atoms with Crippen LogP contribution in [-0.2, 0) is 6.54 Å². The number of rotatable bonds is 6. The Morgan fingerprint density at radius 2 is 1.90 bits per heavy atom. The lowest BCUT2D eigenvalue weighted by Crippen LogP contribution is -2.30. The molecule has 3 aromatic carbocycles. The van der Waals surface area contributed by atoms with E-state index in [1.54, 1.807) is 16.7 Å². The summed E-state index contributed by atoms with van der Waals surface area (Å²) < 4.78 is 0.910. The van der Waals surface area contributed by atoms with E-state index in [4.69, 9.17) is 16.6 Å². The van der Waals surface area contributed by atoms with Crippen LogP contribution in [0.4, 0.5) is 5.13 Å². The summed E-state index contributed by atoms with van der Waals surface area (Å²) >= 11 is 9.61. The number of fused-ring (bicyclic) bond motifs is 1. The molecule has 0 saturated heterocycles. The maximum absolute atomic E-state index is 13.6. The molecule has 0 aliphatic carbocycles. The van der Waals surface area contributed by atoms with Crippen molar-refractivity contribution in [3.63, 3.8) is 0 Å². The molecule has 6 heteroatoms. The maximum Gasteiger partial charge on any atom is 0.260 e.